The minimum Gasteiger partial charge on any atom is -0.376 e. The van der Waals surface area contributed by atoms with Gasteiger partial charge < -0.3 is 19.4 Å². The Labute approximate surface area is 95.8 Å². The van der Waals surface area contributed by atoms with Gasteiger partial charge in [-0.25, -0.2) is 4.98 Å². The highest BCUT2D eigenvalue weighted by Gasteiger charge is 2.13. The molecule has 1 aromatic heterocycles. The van der Waals surface area contributed by atoms with E-state index in [0.717, 1.165) is 32.1 Å². The summed E-state index contributed by atoms with van der Waals surface area (Å²) in [5.74, 6) is 1.07. The number of aromatic nitrogens is 2. The first-order chi connectivity index (χ1) is 7.90. The lowest BCUT2D eigenvalue weighted by atomic mass is 10.3. The highest BCUT2D eigenvalue weighted by atomic mass is 16.6. The monoisotopic (exact) mass is 225 g/mol. The SMILES string of the molecule is CCn1ccnc1CNCC1COCCO1. The molecule has 0 radical (unpaired) electrons. The molecule has 0 bridgehead atoms. The van der Waals surface area contributed by atoms with Crippen LogP contribution in [0, 0.1) is 0 Å². The molecule has 1 fully saturated rings. The van der Waals surface area contributed by atoms with Gasteiger partial charge in [0.05, 0.1) is 32.5 Å². The summed E-state index contributed by atoms with van der Waals surface area (Å²) in [6.45, 7) is 6.78. The van der Waals surface area contributed by atoms with E-state index in [9.17, 15) is 0 Å². The topological polar surface area (TPSA) is 48.3 Å². The Morgan fingerprint density at radius 3 is 3.25 bits per heavy atom. The third-order valence-electron chi connectivity index (χ3n) is 2.68. The molecule has 5 nitrogen and oxygen atoms in total. The van der Waals surface area contributed by atoms with E-state index in [-0.39, 0.29) is 6.10 Å². The smallest absolute Gasteiger partial charge is 0.122 e. The van der Waals surface area contributed by atoms with Gasteiger partial charge in [0.25, 0.3) is 0 Å². The second-order valence-electron chi connectivity index (χ2n) is 3.83. The maximum Gasteiger partial charge on any atom is 0.122 e. The minimum absolute atomic E-state index is 0.179. The highest BCUT2D eigenvalue weighted by Crippen LogP contribution is 2.00. The lowest BCUT2D eigenvalue weighted by Gasteiger charge is -2.23. The predicted molar refractivity (Wildman–Crippen MR) is 60.2 cm³/mol. The van der Waals surface area contributed by atoms with Gasteiger partial charge in [0.1, 0.15) is 5.82 Å². The fourth-order valence-corrected chi connectivity index (χ4v) is 1.79. The number of nitrogens with zero attached hydrogens (tertiary/aromatic N) is 2. The van der Waals surface area contributed by atoms with Gasteiger partial charge in [0, 0.05) is 25.5 Å². The van der Waals surface area contributed by atoms with E-state index in [1.165, 1.54) is 0 Å². The summed E-state index contributed by atoms with van der Waals surface area (Å²) in [5, 5.41) is 3.34. The molecular weight excluding hydrogens is 206 g/mol. The van der Waals surface area contributed by atoms with Crippen molar-refractivity contribution in [1.29, 1.82) is 0 Å². The standard InChI is InChI=1S/C11H19N3O2/c1-2-14-4-3-13-11(14)8-12-7-10-9-15-5-6-16-10/h3-4,10,12H,2,5-9H2,1H3. The van der Waals surface area contributed by atoms with Crippen LogP contribution in [-0.4, -0.2) is 42.0 Å². The summed E-state index contributed by atoms with van der Waals surface area (Å²) in [7, 11) is 0. The lowest BCUT2D eigenvalue weighted by Crippen LogP contribution is -2.37. The van der Waals surface area contributed by atoms with Crippen LogP contribution in [0.1, 0.15) is 12.7 Å². The number of aryl methyl sites for hydroxylation is 1. The molecule has 1 saturated heterocycles. The van der Waals surface area contributed by atoms with Crippen LogP contribution in [0.25, 0.3) is 0 Å². The minimum atomic E-state index is 0.179. The van der Waals surface area contributed by atoms with Crippen molar-refractivity contribution >= 4 is 0 Å². The lowest BCUT2D eigenvalue weighted by molar-refractivity contribution is -0.0865. The molecule has 16 heavy (non-hydrogen) atoms. The molecule has 0 spiro atoms. The summed E-state index contributed by atoms with van der Waals surface area (Å²) in [4.78, 5) is 4.30. The van der Waals surface area contributed by atoms with E-state index in [4.69, 9.17) is 9.47 Å². The number of hydrogen-bond acceptors (Lipinski definition) is 4. The molecule has 1 aromatic rings. The van der Waals surface area contributed by atoms with Crippen molar-refractivity contribution in [3.8, 4) is 0 Å². The number of nitrogens with one attached hydrogen (secondary N) is 1. The van der Waals surface area contributed by atoms with E-state index >= 15 is 0 Å². The van der Waals surface area contributed by atoms with Crippen molar-refractivity contribution < 1.29 is 9.47 Å². The van der Waals surface area contributed by atoms with Gasteiger partial charge in [0.15, 0.2) is 0 Å². The molecule has 1 aliphatic rings. The zero-order chi connectivity index (χ0) is 11.2. The Kier molecular flexibility index (Phi) is 4.33. The molecule has 2 heterocycles. The molecule has 1 unspecified atom stereocenters. The summed E-state index contributed by atoms with van der Waals surface area (Å²) in [6.07, 6.45) is 4.01. The van der Waals surface area contributed by atoms with Gasteiger partial charge >= 0.3 is 0 Å². The van der Waals surface area contributed by atoms with Crippen LogP contribution in [0.3, 0.4) is 0 Å². The molecule has 90 valence electrons. The molecule has 0 aliphatic carbocycles. The van der Waals surface area contributed by atoms with Gasteiger partial charge in [-0.2, -0.15) is 0 Å². The molecule has 1 aliphatic heterocycles. The molecule has 0 amide bonds. The van der Waals surface area contributed by atoms with Crippen LogP contribution in [-0.2, 0) is 22.6 Å². The zero-order valence-corrected chi connectivity index (χ0v) is 9.69. The predicted octanol–water partition coefficient (Wildman–Crippen LogP) is 0.408. The van der Waals surface area contributed by atoms with Crippen LogP contribution in [0.4, 0.5) is 0 Å². The molecule has 5 heteroatoms. The fraction of sp³-hybridized carbons (Fsp3) is 0.727. The van der Waals surface area contributed by atoms with Crippen molar-refractivity contribution in [3.05, 3.63) is 18.2 Å². The number of rotatable bonds is 5. The van der Waals surface area contributed by atoms with Crippen LogP contribution >= 0.6 is 0 Å². The quantitative estimate of drug-likeness (QED) is 0.788. The van der Waals surface area contributed by atoms with Crippen LogP contribution in [0.2, 0.25) is 0 Å². The Bertz CT molecular complexity index is 308. The Morgan fingerprint density at radius 2 is 2.50 bits per heavy atom. The van der Waals surface area contributed by atoms with Crippen molar-refractivity contribution in [2.24, 2.45) is 0 Å². The number of imidazole rings is 1. The van der Waals surface area contributed by atoms with E-state index in [0.29, 0.717) is 13.2 Å². The van der Waals surface area contributed by atoms with Crippen LogP contribution < -0.4 is 5.32 Å². The maximum absolute atomic E-state index is 5.54. The third kappa shape index (κ3) is 3.04. The zero-order valence-electron chi connectivity index (χ0n) is 9.69. The first-order valence-corrected chi connectivity index (χ1v) is 5.80. The second kappa shape index (κ2) is 5.98. The van der Waals surface area contributed by atoms with Crippen molar-refractivity contribution in [3.63, 3.8) is 0 Å². The van der Waals surface area contributed by atoms with Gasteiger partial charge in [-0.3, -0.25) is 0 Å². The molecule has 1 N–H and O–H groups in total. The first-order valence-electron chi connectivity index (χ1n) is 5.80. The first kappa shape index (κ1) is 11.6. The summed E-state index contributed by atoms with van der Waals surface area (Å²) < 4.78 is 13.0. The Morgan fingerprint density at radius 1 is 1.56 bits per heavy atom. The Balaban J connectivity index is 1.71. The summed E-state index contributed by atoms with van der Waals surface area (Å²) >= 11 is 0. The van der Waals surface area contributed by atoms with Crippen molar-refractivity contribution in [2.45, 2.75) is 26.1 Å². The normalized spacial score (nSPS) is 21.2. The van der Waals surface area contributed by atoms with E-state index in [2.05, 4.69) is 21.8 Å². The summed E-state index contributed by atoms with van der Waals surface area (Å²) in [5.41, 5.74) is 0. The fourth-order valence-electron chi connectivity index (χ4n) is 1.79. The second-order valence-corrected chi connectivity index (χ2v) is 3.83. The summed E-state index contributed by atoms with van der Waals surface area (Å²) in [6, 6.07) is 0. The highest BCUT2D eigenvalue weighted by molar-refractivity contribution is 4.91. The van der Waals surface area contributed by atoms with Gasteiger partial charge in [-0.15, -0.1) is 0 Å². The molecule has 1 atom stereocenters. The number of ether oxygens (including phenoxy) is 2. The van der Waals surface area contributed by atoms with Gasteiger partial charge in [-0.05, 0) is 6.92 Å². The van der Waals surface area contributed by atoms with E-state index < -0.39 is 0 Å². The third-order valence-corrected chi connectivity index (χ3v) is 2.68. The van der Waals surface area contributed by atoms with Gasteiger partial charge in [-0.1, -0.05) is 0 Å². The molecule has 0 aromatic carbocycles. The van der Waals surface area contributed by atoms with Crippen molar-refractivity contribution in [2.75, 3.05) is 26.4 Å². The van der Waals surface area contributed by atoms with Crippen molar-refractivity contribution in [1.82, 2.24) is 14.9 Å². The Hall–Kier alpha value is -0.910. The largest absolute Gasteiger partial charge is 0.376 e. The molecule has 0 saturated carbocycles. The van der Waals surface area contributed by atoms with Gasteiger partial charge in [0.2, 0.25) is 0 Å². The van der Waals surface area contributed by atoms with Crippen LogP contribution in [0.15, 0.2) is 12.4 Å². The number of hydrogen-bond donors (Lipinski definition) is 1. The average molecular weight is 225 g/mol. The van der Waals surface area contributed by atoms with E-state index in [1.807, 2.05) is 12.4 Å². The maximum atomic E-state index is 5.54. The van der Waals surface area contributed by atoms with E-state index in [1.54, 1.807) is 0 Å². The average Bonchev–Trinajstić information content (AvgIpc) is 2.78. The van der Waals surface area contributed by atoms with Crippen LogP contribution in [0.5, 0.6) is 0 Å². The molecular formula is C11H19N3O2. The molecule has 2 rings (SSSR count).